The number of nitrogens with one attached hydrogen (secondary N) is 1. The molecule has 1 saturated heterocycles. The van der Waals surface area contributed by atoms with Crippen LogP contribution in [0.2, 0.25) is 0 Å². The summed E-state index contributed by atoms with van der Waals surface area (Å²) in [4.78, 5) is 41.4. The van der Waals surface area contributed by atoms with Gasteiger partial charge in [0.15, 0.2) is 0 Å². The summed E-state index contributed by atoms with van der Waals surface area (Å²) in [7, 11) is 0. The molecule has 0 radical (unpaired) electrons. The van der Waals surface area contributed by atoms with E-state index in [2.05, 4.69) is 10.3 Å². The Balaban J connectivity index is 1.47. The molecule has 2 heterocycles. The molecule has 10 heteroatoms. The lowest BCUT2D eigenvalue weighted by molar-refractivity contribution is -0.117. The van der Waals surface area contributed by atoms with E-state index in [1.807, 2.05) is 0 Å². The van der Waals surface area contributed by atoms with Crippen LogP contribution in [-0.2, 0) is 14.3 Å². The number of thioether (sulfide) groups is 1. The zero-order valence-corrected chi connectivity index (χ0v) is 16.7. The zero-order chi connectivity index (χ0) is 21.5. The molecule has 30 heavy (non-hydrogen) atoms. The highest BCUT2D eigenvalue weighted by Crippen LogP contribution is 2.27. The standard InChI is InChI=1S/C20H19F2N3O4S/c21-20(22)30-18-15(3-1-10-23-18)19(28)29-12-9-16(26)24-13-5-7-14(8-6-13)25-11-2-4-17(25)27/h1,3,5-8,10,20H,2,4,9,11-12H2,(H,24,26). The molecule has 1 aliphatic rings. The van der Waals surface area contributed by atoms with E-state index in [1.165, 1.54) is 18.3 Å². The monoisotopic (exact) mass is 435 g/mol. The maximum Gasteiger partial charge on any atom is 0.340 e. The lowest BCUT2D eigenvalue weighted by Crippen LogP contribution is -2.23. The Morgan fingerprint density at radius 2 is 2.00 bits per heavy atom. The quantitative estimate of drug-likeness (QED) is 0.502. The van der Waals surface area contributed by atoms with E-state index >= 15 is 0 Å². The van der Waals surface area contributed by atoms with Crippen LogP contribution >= 0.6 is 11.8 Å². The van der Waals surface area contributed by atoms with Crippen LogP contribution in [0.4, 0.5) is 20.2 Å². The fraction of sp³-hybridized carbons (Fsp3) is 0.300. The van der Waals surface area contributed by atoms with Crippen molar-refractivity contribution >= 4 is 40.9 Å². The third-order valence-electron chi connectivity index (χ3n) is 4.29. The van der Waals surface area contributed by atoms with Crippen molar-refractivity contribution in [2.75, 3.05) is 23.4 Å². The molecule has 3 rings (SSSR count). The molecule has 1 aromatic heterocycles. The van der Waals surface area contributed by atoms with Crippen molar-refractivity contribution in [1.82, 2.24) is 4.98 Å². The molecule has 0 aliphatic carbocycles. The van der Waals surface area contributed by atoms with Gasteiger partial charge in [-0.3, -0.25) is 9.59 Å². The molecule has 1 aliphatic heterocycles. The summed E-state index contributed by atoms with van der Waals surface area (Å²) in [6.45, 7) is 0.475. The average Bonchev–Trinajstić information content (AvgIpc) is 3.14. The highest BCUT2D eigenvalue weighted by molar-refractivity contribution is 7.99. The maximum atomic E-state index is 12.6. The second-order valence-corrected chi connectivity index (χ2v) is 7.34. The Morgan fingerprint density at radius 3 is 2.67 bits per heavy atom. The molecule has 0 spiro atoms. The van der Waals surface area contributed by atoms with Gasteiger partial charge >= 0.3 is 5.97 Å². The summed E-state index contributed by atoms with van der Waals surface area (Å²) < 4.78 is 30.1. The van der Waals surface area contributed by atoms with Crippen molar-refractivity contribution in [3.63, 3.8) is 0 Å². The topological polar surface area (TPSA) is 88.6 Å². The number of esters is 1. The summed E-state index contributed by atoms with van der Waals surface area (Å²) in [6.07, 6.45) is 2.57. The molecule has 1 fully saturated rings. The normalized spacial score (nSPS) is 13.6. The Hall–Kier alpha value is -3.01. The van der Waals surface area contributed by atoms with E-state index in [9.17, 15) is 23.2 Å². The van der Waals surface area contributed by atoms with Crippen molar-refractivity contribution in [2.24, 2.45) is 0 Å². The Bertz CT molecular complexity index is 925. The third kappa shape index (κ3) is 5.76. The van der Waals surface area contributed by atoms with E-state index in [1.54, 1.807) is 29.2 Å². The fourth-order valence-corrected chi connectivity index (χ4v) is 3.48. The molecule has 2 aromatic rings. The molecule has 7 nitrogen and oxygen atoms in total. The minimum atomic E-state index is -2.72. The number of carbonyl (C=O) groups is 3. The van der Waals surface area contributed by atoms with E-state index in [0.717, 1.165) is 12.1 Å². The molecular weight excluding hydrogens is 416 g/mol. The summed E-state index contributed by atoms with van der Waals surface area (Å²) in [5.41, 5.74) is 1.25. The predicted molar refractivity (Wildman–Crippen MR) is 108 cm³/mol. The highest BCUT2D eigenvalue weighted by Gasteiger charge is 2.21. The van der Waals surface area contributed by atoms with Gasteiger partial charge < -0.3 is 15.0 Å². The number of benzene rings is 1. The Labute approximate surface area is 175 Å². The van der Waals surface area contributed by atoms with E-state index in [0.29, 0.717) is 18.7 Å². The van der Waals surface area contributed by atoms with Gasteiger partial charge in [0.05, 0.1) is 12.0 Å². The number of alkyl halides is 2. The first-order chi connectivity index (χ1) is 14.4. The number of rotatable bonds is 8. The summed E-state index contributed by atoms with van der Waals surface area (Å²) in [6, 6.07) is 9.67. The number of anilines is 2. The fourth-order valence-electron chi connectivity index (χ4n) is 2.91. The predicted octanol–water partition coefficient (Wildman–Crippen LogP) is 3.71. The van der Waals surface area contributed by atoms with Crippen molar-refractivity contribution < 1.29 is 27.9 Å². The first-order valence-corrected chi connectivity index (χ1v) is 10.1. The Kier molecular flexibility index (Phi) is 7.34. The van der Waals surface area contributed by atoms with Crippen LogP contribution in [-0.4, -0.2) is 41.7 Å². The Morgan fingerprint density at radius 1 is 1.23 bits per heavy atom. The lowest BCUT2D eigenvalue weighted by Gasteiger charge is -2.16. The van der Waals surface area contributed by atoms with Gasteiger partial charge in [-0.05, 0) is 54.6 Å². The molecule has 1 aromatic carbocycles. The molecule has 2 amide bonds. The second-order valence-electron chi connectivity index (χ2n) is 6.36. The number of amides is 2. The van der Waals surface area contributed by atoms with Gasteiger partial charge in [-0.15, -0.1) is 0 Å². The molecular formula is C20H19F2N3O4S. The van der Waals surface area contributed by atoms with Crippen molar-refractivity contribution in [2.45, 2.75) is 30.0 Å². The number of aromatic nitrogens is 1. The highest BCUT2D eigenvalue weighted by atomic mass is 32.2. The van der Waals surface area contributed by atoms with Crippen LogP contribution in [0.3, 0.4) is 0 Å². The molecule has 0 atom stereocenters. The van der Waals surface area contributed by atoms with Gasteiger partial charge in [-0.2, -0.15) is 8.78 Å². The SMILES string of the molecule is O=C(CCOC(=O)c1cccnc1SC(F)F)Nc1ccc(N2CCCC2=O)cc1. The van der Waals surface area contributed by atoms with E-state index in [4.69, 9.17) is 4.74 Å². The largest absolute Gasteiger partial charge is 0.461 e. The van der Waals surface area contributed by atoms with Gasteiger partial charge in [-0.25, -0.2) is 9.78 Å². The molecule has 0 bridgehead atoms. The maximum absolute atomic E-state index is 12.6. The smallest absolute Gasteiger partial charge is 0.340 e. The van der Waals surface area contributed by atoms with Crippen LogP contribution in [0.1, 0.15) is 29.6 Å². The first-order valence-electron chi connectivity index (χ1n) is 9.21. The number of ether oxygens (including phenoxy) is 1. The summed E-state index contributed by atoms with van der Waals surface area (Å²) in [5, 5.41) is 2.55. The first kappa shape index (κ1) is 21.7. The van der Waals surface area contributed by atoms with Crippen LogP contribution in [0.15, 0.2) is 47.6 Å². The van der Waals surface area contributed by atoms with Crippen LogP contribution < -0.4 is 10.2 Å². The van der Waals surface area contributed by atoms with Crippen LogP contribution in [0, 0.1) is 0 Å². The van der Waals surface area contributed by atoms with Gasteiger partial charge in [0, 0.05) is 30.5 Å². The van der Waals surface area contributed by atoms with Crippen molar-refractivity contribution in [3.8, 4) is 0 Å². The van der Waals surface area contributed by atoms with Gasteiger partial charge in [-0.1, -0.05) is 0 Å². The van der Waals surface area contributed by atoms with Crippen LogP contribution in [0.25, 0.3) is 0 Å². The molecule has 158 valence electrons. The minimum Gasteiger partial charge on any atom is -0.461 e. The number of hydrogen-bond donors (Lipinski definition) is 1. The number of hydrogen-bond acceptors (Lipinski definition) is 6. The summed E-state index contributed by atoms with van der Waals surface area (Å²) >= 11 is 0.156. The van der Waals surface area contributed by atoms with E-state index in [-0.39, 0.29) is 47.2 Å². The van der Waals surface area contributed by atoms with E-state index < -0.39 is 11.7 Å². The lowest BCUT2D eigenvalue weighted by atomic mass is 10.2. The van der Waals surface area contributed by atoms with Crippen molar-refractivity contribution in [3.05, 3.63) is 48.2 Å². The zero-order valence-electron chi connectivity index (χ0n) is 15.8. The number of pyridine rings is 1. The minimum absolute atomic E-state index is 0.0738. The third-order valence-corrected chi connectivity index (χ3v) is 5.02. The summed E-state index contributed by atoms with van der Waals surface area (Å²) in [5.74, 6) is -3.83. The number of carbonyl (C=O) groups excluding carboxylic acids is 3. The average molecular weight is 435 g/mol. The second kappa shape index (κ2) is 10.1. The van der Waals surface area contributed by atoms with Gasteiger partial charge in [0.2, 0.25) is 11.8 Å². The molecule has 0 unspecified atom stereocenters. The van der Waals surface area contributed by atoms with Crippen LogP contribution in [0.5, 0.6) is 0 Å². The number of nitrogens with zero attached hydrogens (tertiary/aromatic N) is 2. The van der Waals surface area contributed by atoms with Gasteiger partial charge in [0.1, 0.15) is 11.6 Å². The van der Waals surface area contributed by atoms with Gasteiger partial charge in [0.25, 0.3) is 5.76 Å². The molecule has 0 saturated carbocycles. The van der Waals surface area contributed by atoms with Crippen molar-refractivity contribution in [1.29, 1.82) is 0 Å². The number of halogens is 2. The molecule has 1 N–H and O–H groups in total.